The van der Waals surface area contributed by atoms with E-state index in [0.717, 1.165) is 11.4 Å². The number of hydrogen-bond acceptors (Lipinski definition) is 5. The van der Waals surface area contributed by atoms with E-state index in [1.807, 2.05) is 65.2 Å². The average molecular weight is 451 g/mol. The Morgan fingerprint density at radius 1 is 0.968 bits per heavy atom. The molecule has 0 spiro atoms. The third-order valence-corrected chi connectivity index (χ3v) is 5.43. The second kappa shape index (κ2) is 10.1. The van der Waals surface area contributed by atoms with Gasteiger partial charge in [-0.3, -0.25) is 9.36 Å². The number of carbonyl (C=O) groups is 1. The zero-order chi connectivity index (χ0) is 21.5. The quantitative estimate of drug-likeness (QED) is 0.372. The molecule has 0 saturated heterocycles. The van der Waals surface area contributed by atoms with Crippen LogP contribution in [0.15, 0.2) is 90.1 Å². The van der Waals surface area contributed by atoms with Crippen LogP contribution in [0.4, 0.5) is 5.69 Å². The number of aromatic nitrogens is 3. The Kier molecular flexibility index (Phi) is 6.86. The van der Waals surface area contributed by atoms with Gasteiger partial charge in [0.2, 0.25) is 5.91 Å². The van der Waals surface area contributed by atoms with Gasteiger partial charge in [0.25, 0.3) is 0 Å². The average Bonchev–Trinajstić information content (AvgIpc) is 3.20. The third kappa shape index (κ3) is 5.65. The normalized spacial score (nSPS) is 10.6. The molecule has 4 rings (SSSR count). The summed E-state index contributed by atoms with van der Waals surface area (Å²) < 4.78 is 7.76. The van der Waals surface area contributed by atoms with Crippen molar-refractivity contribution in [1.82, 2.24) is 14.8 Å². The van der Waals surface area contributed by atoms with Crippen LogP contribution < -0.4 is 10.1 Å². The first kappa shape index (κ1) is 21.0. The molecule has 0 saturated carbocycles. The van der Waals surface area contributed by atoms with Crippen LogP contribution in [-0.4, -0.2) is 26.4 Å². The van der Waals surface area contributed by atoms with Crippen molar-refractivity contribution in [3.63, 3.8) is 0 Å². The van der Waals surface area contributed by atoms with Crippen LogP contribution in [0.1, 0.15) is 5.82 Å². The predicted octanol–water partition coefficient (Wildman–Crippen LogP) is 5.23. The SMILES string of the molecule is O=C(CSc1nnc(COc2ccccc2)n1-c1ccccc1)Nc1cccc(Cl)c1. The van der Waals surface area contributed by atoms with Crippen LogP contribution in [0.2, 0.25) is 5.02 Å². The number of benzene rings is 3. The first-order valence-corrected chi connectivity index (χ1v) is 10.9. The molecule has 0 atom stereocenters. The maximum Gasteiger partial charge on any atom is 0.234 e. The molecule has 156 valence electrons. The maximum absolute atomic E-state index is 12.4. The van der Waals surface area contributed by atoms with Crippen LogP contribution in [0, 0.1) is 0 Å². The van der Waals surface area contributed by atoms with Gasteiger partial charge in [0.05, 0.1) is 5.75 Å². The summed E-state index contributed by atoms with van der Waals surface area (Å²) >= 11 is 7.28. The minimum Gasteiger partial charge on any atom is -0.486 e. The van der Waals surface area contributed by atoms with Crippen molar-refractivity contribution in [1.29, 1.82) is 0 Å². The maximum atomic E-state index is 12.4. The van der Waals surface area contributed by atoms with Gasteiger partial charge in [-0.15, -0.1) is 10.2 Å². The van der Waals surface area contributed by atoms with Crippen molar-refractivity contribution in [2.24, 2.45) is 0 Å². The number of ether oxygens (including phenoxy) is 1. The molecule has 4 aromatic rings. The zero-order valence-corrected chi connectivity index (χ0v) is 18.0. The van der Waals surface area contributed by atoms with Crippen molar-refractivity contribution in [2.45, 2.75) is 11.8 Å². The molecule has 1 heterocycles. The van der Waals surface area contributed by atoms with E-state index < -0.39 is 0 Å². The monoisotopic (exact) mass is 450 g/mol. The molecule has 1 N–H and O–H groups in total. The van der Waals surface area contributed by atoms with Crippen molar-refractivity contribution in [2.75, 3.05) is 11.1 Å². The lowest BCUT2D eigenvalue weighted by atomic mass is 10.3. The van der Waals surface area contributed by atoms with Crippen molar-refractivity contribution >= 4 is 35.0 Å². The van der Waals surface area contributed by atoms with Gasteiger partial charge in [-0.2, -0.15) is 0 Å². The van der Waals surface area contributed by atoms with Crippen LogP contribution in [0.25, 0.3) is 5.69 Å². The van der Waals surface area contributed by atoms with Crippen molar-refractivity contribution < 1.29 is 9.53 Å². The van der Waals surface area contributed by atoms with Gasteiger partial charge in [0.15, 0.2) is 11.0 Å². The fourth-order valence-corrected chi connectivity index (χ4v) is 3.84. The Labute approximate surface area is 189 Å². The van der Waals surface area contributed by atoms with Gasteiger partial charge < -0.3 is 10.1 Å². The molecular weight excluding hydrogens is 432 g/mol. The smallest absolute Gasteiger partial charge is 0.234 e. The fraction of sp³-hybridized carbons (Fsp3) is 0.0870. The first-order chi connectivity index (χ1) is 15.2. The summed E-state index contributed by atoms with van der Waals surface area (Å²) in [5.74, 6) is 1.42. The number of halogens is 1. The number of hydrogen-bond donors (Lipinski definition) is 1. The summed E-state index contributed by atoms with van der Waals surface area (Å²) in [7, 11) is 0. The molecule has 3 aromatic carbocycles. The Bertz CT molecular complexity index is 1150. The molecule has 0 aliphatic heterocycles. The Balaban J connectivity index is 1.49. The predicted molar refractivity (Wildman–Crippen MR) is 123 cm³/mol. The summed E-state index contributed by atoms with van der Waals surface area (Å²) in [6.07, 6.45) is 0. The summed E-state index contributed by atoms with van der Waals surface area (Å²) in [6.45, 7) is 0.251. The number of thioether (sulfide) groups is 1. The molecule has 0 radical (unpaired) electrons. The van der Waals surface area contributed by atoms with Crippen LogP contribution in [-0.2, 0) is 11.4 Å². The van der Waals surface area contributed by atoms with E-state index in [1.165, 1.54) is 11.8 Å². The molecule has 0 fully saturated rings. The van der Waals surface area contributed by atoms with E-state index in [1.54, 1.807) is 24.3 Å². The lowest BCUT2D eigenvalue weighted by Gasteiger charge is -2.11. The highest BCUT2D eigenvalue weighted by Gasteiger charge is 2.16. The van der Waals surface area contributed by atoms with E-state index in [4.69, 9.17) is 16.3 Å². The Hall–Kier alpha value is -3.29. The molecular formula is C23H19ClN4O2S. The van der Waals surface area contributed by atoms with E-state index >= 15 is 0 Å². The number of carbonyl (C=O) groups excluding carboxylic acids is 1. The first-order valence-electron chi connectivity index (χ1n) is 9.55. The van der Waals surface area contributed by atoms with E-state index in [0.29, 0.717) is 21.7 Å². The van der Waals surface area contributed by atoms with Gasteiger partial charge in [-0.05, 0) is 42.5 Å². The molecule has 1 amide bonds. The largest absolute Gasteiger partial charge is 0.486 e. The molecule has 0 aliphatic carbocycles. The third-order valence-electron chi connectivity index (χ3n) is 4.27. The highest BCUT2D eigenvalue weighted by molar-refractivity contribution is 7.99. The number of amides is 1. The number of nitrogens with zero attached hydrogens (tertiary/aromatic N) is 3. The number of anilines is 1. The standard InChI is InChI=1S/C23H19ClN4O2S/c24-17-8-7-9-18(14-17)25-22(29)16-31-23-27-26-21(15-30-20-12-5-2-6-13-20)28(23)19-10-3-1-4-11-19/h1-14H,15-16H2,(H,25,29). The van der Waals surface area contributed by atoms with E-state index in [9.17, 15) is 4.79 Å². The lowest BCUT2D eigenvalue weighted by molar-refractivity contribution is -0.113. The lowest BCUT2D eigenvalue weighted by Crippen LogP contribution is -2.14. The van der Waals surface area contributed by atoms with Gasteiger partial charge in [0, 0.05) is 16.4 Å². The topological polar surface area (TPSA) is 69.0 Å². The summed E-state index contributed by atoms with van der Waals surface area (Å²) in [5.41, 5.74) is 1.55. The summed E-state index contributed by atoms with van der Waals surface area (Å²) in [6, 6.07) is 26.3. The minimum atomic E-state index is -0.156. The Morgan fingerprint density at radius 2 is 1.71 bits per heavy atom. The van der Waals surface area contributed by atoms with Crippen molar-refractivity contribution in [3.8, 4) is 11.4 Å². The summed E-state index contributed by atoms with van der Waals surface area (Å²) in [5, 5.41) is 12.6. The number of rotatable bonds is 8. The molecule has 0 bridgehead atoms. The van der Waals surface area contributed by atoms with Gasteiger partial charge in [-0.25, -0.2) is 0 Å². The van der Waals surface area contributed by atoms with Crippen LogP contribution in [0.5, 0.6) is 5.75 Å². The van der Waals surface area contributed by atoms with Gasteiger partial charge in [0.1, 0.15) is 12.4 Å². The highest BCUT2D eigenvalue weighted by atomic mass is 35.5. The molecule has 1 aromatic heterocycles. The second-order valence-electron chi connectivity index (χ2n) is 6.52. The summed E-state index contributed by atoms with van der Waals surface area (Å²) in [4.78, 5) is 12.4. The Morgan fingerprint density at radius 3 is 2.45 bits per heavy atom. The number of nitrogens with one attached hydrogen (secondary N) is 1. The molecule has 0 aliphatic rings. The van der Waals surface area contributed by atoms with Crippen molar-refractivity contribution in [3.05, 3.63) is 95.8 Å². The zero-order valence-electron chi connectivity index (χ0n) is 16.4. The molecule has 31 heavy (non-hydrogen) atoms. The molecule has 8 heteroatoms. The van der Waals surface area contributed by atoms with Gasteiger partial charge in [-0.1, -0.05) is 65.8 Å². The molecule has 6 nitrogen and oxygen atoms in total. The van der Waals surface area contributed by atoms with E-state index in [-0.39, 0.29) is 18.3 Å². The second-order valence-corrected chi connectivity index (χ2v) is 7.90. The van der Waals surface area contributed by atoms with Crippen LogP contribution >= 0.6 is 23.4 Å². The van der Waals surface area contributed by atoms with E-state index in [2.05, 4.69) is 15.5 Å². The van der Waals surface area contributed by atoms with Gasteiger partial charge >= 0.3 is 0 Å². The minimum absolute atomic E-state index is 0.156. The highest BCUT2D eigenvalue weighted by Crippen LogP contribution is 2.23. The van der Waals surface area contributed by atoms with Crippen LogP contribution in [0.3, 0.4) is 0 Å². The number of para-hydroxylation sites is 2. The molecule has 0 unspecified atom stereocenters. The fourth-order valence-electron chi connectivity index (χ4n) is 2.88.